The predicted octanol–water partition coefficient (Wildman–Crippen LogP) is 3.95. The minimum Gasteiger partial charge on any atom is -0.462 e. The fourth-order valence-electron chi connectivity index (χ4n) is 10.4. The molecule has 0 aromatic carbocycles. The van der Waals surface area contributed by atoms with Crippen LogP contribution in [0, 0.1) is 45.3 Å². The summed E-state index contributed by atoms with van der Waals surface area (Å²) >= 11 is 0. The summed E-state index contributed by atoms with van der Waals surface area (Å²) in [6.45, 7) is 12.9. The Morgan fingerprint density at radius 3 is 2.50 bits per heavy atom. The number of ether oxygens (including phenoxy) is 1. The van der Waals surface area contributed by atoms with Gasteiger partial charge in [-0.05, 0) is 86.9 Å². The van der Waals surface area contributed by atoms with Gasteiger partial charge in [0, 0.05) is 28.7 Å². The van der Waals surface area contributed by atoms with Crippen LogP contribution < -0.4 is 5.73 Å². The van der Waals surface area contributed by atoms with E-state index in [0.29, 0.717) is 31.6 Å². The molecule has 2 spiro atoms. The Hall–Kier alpha value is -0.950. The predicted molar refractivity (Wildman–Crippen MR) is 139 cm³/mol. The van der Waals surface area contributed by atoms with Crippen LogP contribution >= 0.6 is 0 Å². The van der Waals surface area contributed by atoms with E-state index >= 15 is 0 Å². The van der Waals surface area contributed by atoms with Crippen molar-refractivity contribution in [1.29, 1.82) is 0 Å². The summed E-state index contributed by atoms with van der Waals surface area (Å²) < 4.78 is 6.37. The Bertz CT molecular complexity index is 895. The lowest BCUT2D eigenvalue weighted by Crippen LogP contribution is -2.53. The molecule has 36 heavy (non-hydrogen) atoms. The van der Waals surface area contributed by atoms with Crippen LogP contribution in [0.15, 0.2) is 12.7 Å². The number of hydrogen-bond acceptors (Lipinski definition) is 6. The number of nitrogens with two attached hydrogens (primary N) is 1. The monoisotopic (exact) mass is 503 g/mol. The molecule has 0 aromatic heterocycles. The SMILES string of the molecule is C=C[C@]1(C)C[C@@H](OC(=O)CCC[C@@H]2CC[C@@H](N)C[C@H]2O)[C@]2(C)C(C)CC34C(O)CC[C@@]3([C@@H](C)[C@@H]1O)[C@@H]42. The van der Waals surface area contributed by atoms with E-state index in [4.69, 9.17) is 10.5 Å². The van der Waals surface area contributed by atoms with E-state index in [1.165, 1.54) is 0 Å². The highest BCUT2D eigenvalue weighted by Gasteiger charge is 2.91. The molecular weight excluding hydrogens is 454 g/mol. The number of aliphatic hydroxyl groups is 3. The van der Waals surface area contributed by atoms with Crippen molar-refractivity contribution in [3.63, 3.8) is 0 Å². The van der Waals surface area contributed by atoms with Gasteiger partial charge in [0.1, 0.15) is 6.10 Å². The maximum absolute atomic E-state index is 13.2. The molecule has 0 aromatic rings. The van der Waals surface area contributed by atoms with Crippen molar-refractivity contribution < 1.29 is 24.9 Å². The largest absolute Gasteiger partial charge is 0.462 e. The zero-order chi connectivity index (χ0) is 26.3. The van der Waals surface area contributed by atoms with Gasteiger partial charge in [-0.1, -0.05) is 33.8 Å². The van der Waals surface area contributed by atoms with Crippen LogP contribution in [0.2, 0.25) is 0 Å². The van der Waals surface area contributed by atoms with Gasteiger partial charge in [0.15, 0.2) is 0 Å². The van der Waals surface area contributed by atoms with E-state index in [9.17, 15) is 20.1 Å². The van der Waals surface area contributed by atoms with E-state index in [2.05, 4.69) is 34.3 Å². The minimum absolute atomic E-state index is 0.0566. The van der Waals surface area contributed by atoms with Gasteiger partial charge in [-0.15, -0.1) is 6.58 Å². The first-order valence-electron chi connectivity index (χ1n) is 14.5. The summed E-state index contributed by atoms with van der Waals surface area (Å²) in [6, 6.07) is 0.0824. The molecule has 5 aliphatic carbocycles. The van der Waals surface area contributed by atoms with Crippen LogP contribution in [0.3, 0.4) is 0 Å². The Balaban J connectivity index is 1.35. The van der Waals surface area contributed by atoms with Gasteiger partial charge < -0.3 is 25.8 Å². The van der Waals surface area contributed by atoms with Gasteiger partial charge in [-0.2, -0.15) is 0 Å². The van der Waals surface area contributed by atoms with E-state index in [0.717, 1.165) is 38.5 Å². The van der Waals surface area contributed by atoms with Crippen molar-refractivity contribution in [2.24, 2.45) is 51.1 Å². The van der Waals surface area contributed by atoms with Crippen molar-refractivity contribution in [1.82, 2.24) is 0 Å². The van der Waals surface area contributed by atoms with Gasteiger partial charge in [0.05, 0.1) is 18.3 Å². The minimum atomic E-state index is -0.594. The molecule has 6 nitrogen and oxygen atoms in total. The summed E-state index contributed by atoms with van der Waals surface area (Å²) in [6.07, 6.45) is 7.76. The molecule has 3 unspecified atom stereocenters. The first kappa shape index (κ1) is 26.6. The number of aliphatic hydroxyl groups excluding tert-OH is 3. The molecule has 0 radical (unpaired) electrons. The average molecular weight is 504 g/mol. The average Bonchev–Trinajstić information content (AvgIpc) is 3.20. The summed E-state index contributed by atoms with van der Waals surface area (Å²) in [5.74, 6) is 0.653. The second-order valence-electron chi connectivity index (χ2n) is 14.0. The van der Waals surface area contributed by atoms with Gasteiger partial charge >= 0.3 is 5.97 Å². The van der Waals surface area contributed by atoms with Crippen molar-refractivity contribution in [2.75, 3.05) is 0 Å². The maximum Gasteiger partial charge on any atom is 0.306 e. The van der Waals surface area contributed by atoms with Crippen molar-refractivity contribution in [2.45, 2.75) is 122 Å². The smallest absolute Gasteiger partial charge is 0.306 e. The Labute approximate surface area is 217 Å². The third-order valence-electron chi connectivity index (χ3n) is 12.5. The third-order valence-corrected chi connectivity index (χ3v) is 12.5. The molecule has 0 amide bonds. The van der Waals surface area contributed by atoms with E-state index in [1.54, 1.807) is 0 Å². The highest BCUT2D eigenvalue weighted by atomic mass is 16.5. The van der Waals surface area contributed by atoms with Crippen molar-refractivity contribution in [3.8, 4) is 0 Å². The van der Waals surface area contributed by atoms with Crippen molar-refractivity contribution in [3.05, 3.63) is 12.7 Å². The Morgan fingerprint density at radius 1 is 1.11 bits per heavy atom. The highest BCUT2D eigenvalue weighted by molar-refractivity contribution is 5.69. The quantitative estimate of drug-likeness (QED) is 0.322. The lowest BCUT2D eigenvalue weighted by molar-refractivity contribution is -0.171. The number of hydrogen-bond donors (Lipinski definition) is 4. The van der Waals surface area contributed by atoms with Crippen LogP contribution in [-0.2, 0) is 9.53 Å². The molecule has 0 saturated heterocycles. The summed E-state index contributed by atoms with van der Waals surface area (Å²) in [5, 5.41) is 33.3. The lowest BCUT2D eigenvalue weighted by atomic mass is 9.56. The first-order chi connectivity index (χ1) is 16.9. The zero-order valence-corrected chi connectivity index (χ0v) is 22.8. The number of rotatable bonds is 6. The summed E-state index contributed by atoms with van der Waals surface area (Å²) in [4.78, 5) is 13.2. The summed E-state index contributed by atoms with van der Waals surface area (Å²) in [5.41, 5.74) is 4.89. The zero-order valence-electron chi connectivity index (χ0n) is 22.8. The fourth-order valence-corrected chi connectivity index (χ4v) is 10.4. The molecule has 5 fully saturated rings. The number of carbonyl (C=O) groups is 1. The molecule has 13 atom stereocenters. The number of carbonyl (C=O) groups excluding carboxylic acids is 1. The Morgan fingerprint density at radius 2 is 1.83 bits per heavy atom. The van der Waals surface area contributed by atoms with E-state index in [-0.39, 0.29) is 64.3 Å². The van der Waals surface area contributed by atoms with Gasteiger partial charge in [-0.3, -0.25) is 4.79 Å². The van der Waals surface area contributed by atoms with Crippen LogP contribution in [0.5, 0.6) is 0 Å². The van der Waals surface area contributed by atoms with Crippen LogP contribution in [-0.4, -0.2) is 51.7 Å². The topological polar surface area (TPSA) is 113 Å². The molecular formula is C30H49NO5. The maximum atomic E-state index is 13.2. The van der Waals surface area contributed by atoms with Crippen LogP contribution in [0.4, 0.5) is 0 Å². The van der Waals surface area contributed by atoms with Gasteiger partial charge in [-0.25, -0.2) is 0 Å². The van der Waals surface area contributed by atoms with Gasteiger partial charge in [0.2, 0.25) is 0 Å². The molecule has 0 heterocycles. The van der Waals surface area contributed by atoms with Crippen LogP contribution in [0.25, 0.3) is 0 Å². The third kappa shape index (κ3) is 3.39. The molecule has 5 saturated carbocycles. The molecule has 0 bridgehead atoms. The molecule has 5 N–H and O–H groups in total. The summed E-state index contributed by atoms with van der Waals surface area (Å²) in [7, 11) is 0. The standard InChI is InChI=1S/C30H49NO5/c1-6-27(4)16-23(36-24(34)9-7-8-19-10-11-20(31)14-21(19)32)28(5)17(2)15-30-22(33)12-13-29(30,26(28)30)18(3)25(27)35/h6,17-23,25-26,32-33,35H,1,7-16,31H2,2-5H3/t17?,18-,19+,20+,21+,22?,23+,25-,26-,27+,28-,29+,30?/m0/s1. The second kappa shape index (κ2) is 8.79. The molecule has 5 rings (SSSR count). The van der Waals surface area contributed by atoms with Crippen LogP contribution in [0.1, 0.15) is 91.9 Å². The fraction of sp³-hybridized carbons (Fsp3) is 0.900. The lowest BCUT2D eigenvalue weighted by Gasteiger charge is -2.51. The van der Waals surface area contributed by atoms with E-state index in [1.807, 2.05) is 6.08 Å². The highest BCUT2D eigenvalue weighted by Crippen LogP contribution is 2.92. The molecule has 5 aliphatic rings. The first-order valence-corrected chi connectivity index (χ1v) is 14.5. The van der Waals surface area contributed by atoms with E-state index < -0.39 is 11.5 Å². The van der Waals surface area contributed by atoms with Gasteiger partial charge in [0.25, 0.3) is 0 Å². The number of esters is 1. The molecule has 0 aliphatic heterocycles. The molecule has 6 heteroatoms. The van der Waals surface area contributed by atoms with Crippen molar-refractivity contribution >= 4 is 5.97 Å². The second-order valence-corrected chi connectivity index (χ2v) is 14.0. The normalized spacial score (nSPS) is 55.7. The Kier molecular flexibility index (Phi) is 6.51. The molecule has 204 valence electrons.